The van der Waals surface area contributed by atoms with Crippen molar-refractivity contribution in [1.29, 1.82) is 0 Å². The van der Waals surface area contributed by atoms with Gasteiger partial charge >= 0.3 is 0 Å². The average Bonchev–Trinajstić information content (AvgIpc) is 3.25. The highest BCUT2D eigenvalue weighted by molar-refractivity contribution is 9.10. The summed E-state index contributed by atoms with van der Waals surface area (Å²) in [5, 5.41) is 17.1. The summed E-state index contributed by atoms with van der Waals surface area (Å²) in [7, 11) is 1.86. The van der Waals surface area contributed by atoms with Gasteiger partial charge in [-0.15, -0.1) is 10.2 Å². The zero-order valence-corrected chi connectivity index (χ0v) is 23.1. The van der Waals surface area contributed by atoms with Gasteiger partial charge in [0.25, 0.3) is 5.91 Å². The van der Waals surface area contributed by atoms with Gasteiger partial charge in [0, 0.05) is 27.8 Å². The highest BCUT2D eigenvalue weighted by Crippen LogP contribution is 2.20. The largest absolute Gasteiger partial charge is 0.488 e. The van der Waals surface area contributed by atoms with Crippen LogP contribution in [0.5, 0.6) is 5.75 Å². The highest BCUT2D eigenvalue weighted by Gasteiger charge is 2.11. The van der Waals surface area contributed by atoms with Crippen molar-refractivity contribution in [1.82, 2.24) is 20.2 Å². The predicted octanol–water partition coefficient (Wildman–Crippen LogP) is 5.66. The molecule has 0 aliphatic carbocycles. The molecule has 0 aliphatic rings. The molecule has 190 valence electrons. The average molecular weight is 600 g/mol. The Morgan fingerprint density at radius 2 is 1.95 bits per heavy atom. The molecule has 1 aromatic heterocycles. The molecule has 0 spiro atoms. The number of halogens is 2. The molecule has 0 fully saturated rings. The van der Waals surface area contributed by atoms with Crippen molar-refractivity contribution in [3.8, 4) is 5.75 Å². The summed E-state index contributed by atoms with van der Waals surface area (Å²) in [6, 6.07) is 22.9. The zero-order valence-electron chi connectivity index (χ0n) is 19.9. The van der Waals surface area contributed by atoms with Gasteiger partial charge in [-0.25, -0.2) is 5.43 Å². The zero-order chi connectivity index (χ0) is 26.0. The summed E-state index contributed by atoms with van der Waals surface area (Å²) < 4.78 is 8.80. The van der Waals surface area contributed by atoms with Crippen LogP contribution in [0.25, 0.3) is 0 Å². The van der Waals surface area contributed by atoms with Crippen LogP contribution in [0.1, 0.15) is 17.0 Å². The molecule has 0 saturated carbocycles. The molecular formula is C26H24BrClN6O2S. The number of para-hydroxylation sites is 1. The molecule has 3 aromatic carbocycles. The van der Waals surface area contributed by atoms with Crippen LogP contribution in [0, 0.1) is 0 Å². The van der Waals surface area contributed by atoms with Crippen LogP contribution in [0.15, 0.2) is 87.5 Å². The second-order valence-corrected chi connectivity index (χ2v) is 10.2. The fraction of sp³-hybridized carbons (Fsp3) is 0.154. The van der Waals surface area contributed by atoms with E-state index in [1.807, 2.05) is 84.4 Å². The molecule has 8 nitrogen and oxygen atoms in total. The van der Waals surface area contributed by atoms with Crippen molar-refractivity contribution < 1.29 is 9.53 Å². The number of hydrazone groups is 1. The Morgan fingerprint density at radius 3 is 2.76 bits per heavy atom. The van der Waals surface area contributed by atoms with E-state index in [2.05, 4.69) is 42.0 Å². The van der Waals surface area contributed by atoms with E-state index < -0.39 is 0 Å². The number of thioether (sulfide) groups is 1. The van der Waals surface area contributed by atoms with Crippen LogP contribution < -0.4 is 15.5 Å². The first-order chi connectivity index (χ1) is 18.0. The van der Waals surface area contributed by atoms with Crippen molar-refractivity contribution >= 4 is 57.1 Å². The fourth-order valence-electron chi connectivity index (χ4n) is 3.22. The number of rotatable bonds is 11. The molecule has 0 aliphatic heterocycles. The topological polar surface area (TPSA) is 93.4 Å². The summed E-state index contributed by atoms with van der Waals surface area (Å²) in [5.74, 6) is 1.32. The lowest BCUT2D eigenvalue weighted by Crippen LogP contribution is -2.20. The molecule has 0 atom stereocenters. The number of anilines is 1. The van der Waals surface area contributed by atoms with Gasteiger partial charge in [-0.05, 0) is 54.1 Å². The third-order valence-electron chi connectivity index (χ3n) is 5.15. The normalized spacial score (nSPS) is 11.0. The molecule has 4 rings (SSSR count). The lowest BCUT2D eigenvalue weighted by molar-refractivity contribution is -0.118. The molecule has 0 bridgehead atoms. The first-order valence-corrected chi connectivity index (χ1v) is 13.4. The maximum Gasteiger partial charge on any atom is 0.250 e. The molecule has 4 aromatic rings. The summed E-state index contributed by atoms with van der Waals surface area (Å²) >= 11 is 10.7. The molecule has 0 radical (unpaired) electrons. The molecule has 0 unspecified atom stereocenters. The van der Waals surface area contributed by atoms with E-state index in [9.17, 15) is 4.79 Å². The van der Waals surface area contributed by atoms with Gasteiger partial charge < -0.3 is 14.6 Å². The van der Waals surface area contributed by atoms with E-state index in [4.69, 9.17) is 16.3 Å². The lowest BCUT2D eigenvalue weighted by Gasteiger charge is -2.09. The second kappa shape index (κ2) is 13.3. The molecule has 37 heavy (non-hydrogen) atoms. The summed E-state index contributed by atoms with van der Waals surface area (Å²) in [5.41, 5.74) is 5.29. The maximum atomic E-state index is 12.3. The monoisotopic (exact) mass is 598 g/mol. The highest BCUT2D eigenvalue weighted by atomic mass is 79.9. The Kier molecular flexibility index (Phi) is 9.58. The molecule has 2 N–H and O–H groups in total. The minimum atomic E-state index is -0.252. The Labute approximate surface area is 232 Å². The standard InChI is InChI=1S/C26H24BrClN6O2S/c1-34-24(15-29-22-11-9-21(28)10-12-22)31-33-26(34)37-17-25(35)32-30-14-19-6-2-3-8-23(19)36-16-18-5-4-7-20(27)13-18/h2-14,29H,15-17H2,1H3,(H,32,35)/b30-14+. The Bertz CT molecular complexity index is 1380. The smallest absolute Gasteiger partial charge is 0.250 e. The number of carbonyl (C=O) groups is 1. The first kappa shape index (κ1) is 26.7. The summed E-state index contributed by atoms with van der Waals surface area (Å²) in [6.45, 7) is 0.910. The van der Waals surface area contributed by atoms with Gasteiger partial charge in [0.1, 0.15) is 12.4 Å². The predicted molar refractivity (Wildman–Crippen MR) is 151 cm³/mol. The van der Waals surface area contributed by atoms with E-state index in [-0.39, 0.29) is 11.7 Å². The van der Waals surface area contributed by atoms with Gasteiger partial charge in [-0.1, -0.05) is 63.6 Å². The Morgan fingerprint density at radius 1 is 1.14 bits per heavy atom. The summed E-state index contributed by atoms with van der Waals surface area (Å²) in [6.07, 6.45) is 1.57. The van der Waals surface area contributed by atoms with Crippen LogP contribution in [0.3, 0.4) is 0 Å². The number of hydrogen-bond donors (Lipinski definition) is 2. The van der Waals surface area contributed by atoms with Crippen LogP contribution in [-0.2, 0) is 25.0 Å². The van der Waals surface area contributed by atoms with E-state index in [0.717, 1.165) is 27.1 Å². The SMILES string of the molecule is Cn1c(CNc2ccc(Cl)cc2)nnc1SCC(=O)N/N=C/c1ccccc1OCc1cccc(Br)c1. The fourth-order valence-corrected chi connectivity index (χ4v) is 4.51. The number of hydrogen-bond acceptors (Lipinski definition) is 7. The van der Waals surface area contributed by atoms with E-state index in [0.29, 0.717) is 29.1 Å². The molecule has 0 saturated heterocycles. The van der Waals surface area contributed by atoms with Gasteiger partial charge in [-0.3, -0.25) is 4.79 Å². The van der Waals surface area contributed by atoms with Gasteiger partial charge in [0.2, 0.25) is 0 Å². The molecule has 1 amide bonds. The summed E-state index contributed by atoms with van der Waals surface area (Å²) in [4.78, 5) is 12.3. The van der Waals surface area contributed by atoms with Crippen LogP contribution in [0.4, 0.5) is 5.69 Å². The molecule has 11 heteroatoms. The van der Waals surface area contributed by atoms with Crippen LogP contribution >= 0.6 is 39.3 Å². The second-order valence-electron chi connectivity index (χ2n) is 7.86. The number of nitrogens with zero attached hydrogens (tertiary/aromatic N) is 4. The number of aromatic nitrogens is 3. The van der Waals surface area contributed by atoms with Crippen molar-refractivity contribution in [3.63, 3.8) is 0 Å². The third kappa shape index (κ3) is 8.08. The Balaban J connectivity index is 1.25. The van der Waals surface area contributed by atoms with E-state index in [1.54, 1.807) is 6.21 Å². The van der Waals surface area contributed by atoms with Crippen molar-refractivity contribution in [2.45, 2.75) is 18.3 Å². The molecule has 1 heterocycles. The Hall–Kier alpha value is -3.34. The van der Waals surface area contributed by atoms with E-state index >= 15 is 0 Å². The van der Waals surface area contributed by atoms with Gasteiger partial charge in [0.15, 0.2) is 11.0 Å². The quantitative estimate of drug-likeness (QED) is 0.131. The minimum Gasteiger partial charge on any atom is -0.488 e. The number of ether oxygens (including phenoxy) is 1. The first-order valence-electron chi connectivity index (χ1n) is 11.3. The van der Waals surface area contributed by atoms with Gasteiger partial charge in [-0.2, -0.15) is 5.10 Å². The van der Waals surface area contributed by atoms with Crippen LogP contribution in [-0.4, -0.2) is 32.6 Å². The maximum absolute atomic E-state index is 12.3. The van der Waals surface area contributed by atoms with Crippen molar-refractivity contribution in [3.05, 3.63) is 99.2 Å². The van der Waals surface area contributed by atoms with Crippen LogP contribution in [0.2, 0.25) is 5.02 Å². The number of benzene rings is 3. The third-order valence-corrected chi connectivity index (χ3v) is 6.91. The number of carbonyl (C=O) groups excluding carboxylic acids is 1. The van der Waals surface area contributed by atoms with Crippen molar-refractivity contribution in [2.24, 2.45) is 12.1 Å². The minimum absolute atomic E-state index is 0.148. The van der Waals surface area contributed by atoms with Gasteiger partial charge in [0.05, 0.1) is 18.5 Å². The molecular weight excluding hydrogens is 576 g/mol. The number of amides is 1. The number of nitrogens with one attached hydrogen (secondary N) is 2. The van der Waals surface area contributed by atoms with Crippen molar-refractivity contribution in [2.75, 3.05) is 11.1 Å². The van der Waals surface area contributed by atoms with E-state index in [1.165, 1.54) is 11.8 Å². The lowest BCUT2D eigenvalue weighted by atomic mass is 10.2.